The van der Waals surface area contributed by atoms with Crippen LogP contribution in [0.4, 0.5) is 0 Å². The van der Waals surface area contributed by atoms with Crippen molar-refractivity contribution in [3.63, 3.8) is 0 Å². The highest BCUT2D eigenvalue weighted by atomic mass is 28.3. The minimum atomic E-state index is -0.856. The van der Waals surface area contributed by atoms with E-state index in [2.05, 4.69) is 28.8 Å². The fraction of sp³-hybridized carbons (Fsp3) is 1.00. The van der Waals surface area contributed by atoms with Gasteiger partial charge in [-0.1, -0.05) is 6.92 Å². The monoisotopic (exact) mass is 175 g/mol. The van der Waals surface area contributed by atoms with Crippen molar-refractivity contribution >= 4 is 9.12 Å². The third kappa shape index (κ3) is 5.38. The Hall–Kier alpha value is 0.0969. The van der Waals surface area contributed by atoms with E-state index in [1.807, 2.05) is 14.1 Å². The van der Waals surface area contributed by atoms with Crippen LogP contribution in [-0.2, 0) is 0 Å². The summed E-state index contributed by atoms with van der Waals surface area (Å²) in [6.45, 7) is 3.42. The predicted octanol–water partition coefficient (Wildman–Crippen LogP) is -0.473. The molecule has 68 valence electrons. The zero-order valence-corrected chi connectivity index (χ0v) is 9.30. The number of rotatable bonds is 6. The Kier molecular flexibility index (Phi) is 6.85. The highest BCUT2D eigenvalue weighted by Gasteiger charge is 2.07. The lowest BCUT2D eigenvalue weighted by Gasteiger charge is -2.20. The number of nitrogens with one attached hydrogen (secondary N) is 2. The molecule has 0 aliphatic heterocycles. The van der Waals surface area contributed by atoms with Crippen molar-refractivity contribution < 1.29 is 0 Å². The maximum Gasteiger partial charge on any atom is 0.198 e. The van der Waals surface area contributed by atoms with E-state index in [1.165, 1.54) is 19.1 Å². The lowest BCUT2D eigenvalue weighted by Crippen LogP contribution is -2.51. The molecule has 0 bridgehead atoms. The first-order chi connectivity index (χ1) is 5.24. The Labute approximate surface area is 71.9 Å². The van der Waals surface area contributed by atoms with Crippen LogP contribution in [-0.4, -0.2) is 47.9 Å². The SMILES string of the molecule is CCCN(C)C[SiH](NC)NC. The van der Waals surface area contributed by atoms with Crippen molar-refractivity contribution in [2.45, 2.75) is 13.3 Å². The molecule has 0 saturated carbocycles. The summed E-state index contributed by atoms with van der Waals surface area (Å²) in [5.74, 6) is 0. The van der Waals surface area contributed by atoms with Gasteiger partial charge in [0.15, 0.2) is 9.12 Å². The second-order valence-electron chi connectivity index (χ2n) is 2.89. The first kappa shape index (κ1) is 11.1. The molecule has 11 heavy (non-hydrogen) atoms. The van der Waals surface area contributed by atoms with Gasteiger partial charge in [0.05, 0.1) is 0 Å². The fourth-order valence-corrected chi connectivity index (χ4v) is 2.57. The highest BCUT2D eigenvalue weighted by Crippen LogP contribution is 1.85. The van der Waals surface area contributed by atoms with Crippen LogP contribution >= 0.6 is 0 Å². The number of hydrogen-bond donors (Lipinski definition) is 2. The molecule has 0 aromatic carbocycles. The van der Waals surface area contributed by atoms with Gasteiger partial charge in [-0.2, -0.15) is 0 Å². The highest BCUT2D eigenvalue weighted by molar-refractivity contribution is 6.53. The van der Waals surface area contributed by atoms with Crippen LogP contribution in [0.2, 0.25) is 0 Å². The van der Waals surface area contributed by atoms with Crippen LogP contribution in [0.15, 0.2) is 0 Å². The third-order valence-electron chi connectivity index (χ3n) is 1.80. The summed E-state index contributed by atoms with van der Waals surface area (Å²) in [6.07, 6.45) is 2.44. The van der Waals surface area contributed by atoms with Gasteiger partial charge in [-0.25, -0.2) is 0 Å². The molecule has 0 spiro atoms. The molecule has 0 atom stereocenters. The summed E-state index contributed by atoms with van der Waals surface area (Å²) < 4.78 is 0. The normalized spacial score (nSPS) is 11.5. The Morgan fingerprint density at radius 2 is 1.82 bits per heavy atom. The van der Waals surface area contributed by atoms with Gasteiger partial charge in [0.2, 0.25) is 0 Å². The van der Waals surface area contributed by atoms with Crippen molar-refractivity contribution in [1.82, 2.24) is 14.9 Å². The molecular formula is C7H21N3Si. The molecule has 0 rings (SSSR count). The van der Waals surface area contributed by atoms with Gasteiger partial charge < -0.3 is 14.9 Å². The second kappa shape index (κ2) is 6.79. The van der Waals surface area contributed by atoms with E-state index in [4.69, 9.17) is 0 Å². The number of hydrogen-bond acceptors (Lipinski definition) is 3. The average molecular weight is 175 g/mol. The molecule has 0 aliphatic carbocycles. The Morgan fingerprint density at radius 1 is 1.27 bits per heavy atom. The second-order valence-corrected chi connectivity index (χ2v) is 5.52. The van der Waals surface area contributed by atoms with E-state index in [0.717, 1.165) is 0 Å². The largest absolute Gasteiger partial charge is 0.330 e. The van der Waals surface area contributed by atoms with Gasteiger partial charge in [0.1, 0.15) is 0 Å². The minimum absolute atomic E-state index is 0.856. The summed E-state index contributed by atoms with van der Waals surface area (Å²) in [6, 6.07) is 0. The van der Waals surface area contributed by atoms with Crippen molar-refractivity contribution in [2.24, 2.45) is 0 Å². The summed E-state index contributed by atoms with van der Waals surface area (Å²) in [5, 5.41) is 0. The van der Waals surface area contributed by atoms with Gasteiger partial charge in [-0.05, 0) is 34.1 Å². The minimum Gasteiger partial charge on any atom is -0.330 e. The molecule has 0 aromatic heterocycles. The zero-order valence-electron chi connectivity index (χ0n) is 8.15. The van der Waals surface area contributed by atoms with Crippen molar-refractivity contribution in [2.75, 3.05) is 33.9 Å². The van der Waals surface area contributed by atoms with Crippen molar-refractivity contribution in [1.29, 1.82) is 0 Å². The van der Waals surface area contributed by atoms with Crippen LogP contribution in [0.25, 0.3) is 0 Å². The Bertz CT molecular complexity index is 85.8. The first-order valence-electron chi connectivity index (χ1n) is 4.27. The van der Waals surface area contributed by atoms with Crippen molar-refractivity contribution in [3.05, 3.63) is 0 Å². The first-order valence-corrected chi connectivity index (χ1v) is 6.24. The predicted molar refractivity (Wildman–Crippen MR) is 53.1 cm³/mol. The Morgan fingerprint density at radius 3 is 2.18 bits per heavy atom. The van der Waals surface area contributed by atoms with E-state index in [1.54, 1.807) is 0 Å². The van der Waals surface area contributed by atoms with Gasteiger partial charge in [-0.15, -0.1) is 0 Å². The molecule has 0 heterocycles. The van der Waals surface area contributed by atoms with Gasteiger partial charge in [0, 0.05) is 6.17 Å². The zero-order chi connectivity index (χ0) is 8.69. The van der Waals surface area contributed by atoms with E-state index in [-0.39, 0.29) is 0 Å². The van der Waals surface area contributed by atoms with Crippen LogP contribution in [0.3, 0.4) is 0 Å². The standard InChI is InChI=1S/C7H21N3Si/c1-5-6-10(4)7-11(8-2)9-3/h8-9,11H,5-7H2,1-4H3. The fourth-order valence-electron chi connectivity index (χ4n) is 1.11. The summed E-state index contributed by atoms with van der Waals surface area (Å²) >= 11 is 0. The maximum absolute atomic E-state index is 3.33. The summed E-state index contributed by atoms with van der Waals surface area (Å²) in [4.78, 5) is 9.03. The third-order valence-corrected chi connectivity index (χ3v) is 4.18. The quantitative estimate of drug-likeness (QED) is 0.534. The van der Waals surface area contributed by atoms with Gasteiger partial charge in [0.25, 0.3) is 0 Å². The number of nitrogens with zero attached hydrogens (tertiary/aromatic N) is 1. The molecule has 0 aliphatic rings. The maximum atomic E-state index is 3.33. The molecule has 0 saturated heterocycles. The summed E-state index contributed by atoms with van der Waals surface area (Å²) in [7, 11) is 5.39. The smallest absolute Gasteiger partial charge is 0.198 e. The molecule has 0 radical (unpaired) electrons. The van der Waals surface area contributed by atoms with E-state index >= 15 is 0 Å². The van der Waals surface area contributed by atoms with Gasteiger partial charge >= 0.3 is 0 Å². The molecule has 0 unspecified atom stereocenters. The average Bonchev–Trinajstić information content (AvgIpc) is 2.01. The van der Waals surface area contributed by atoms with Crippen LogP contribution in [0.1, 0.15) is 13.3 Å². The van der Waals surface area contributed by atoms with Gasteiger partial charge in [-0.3, -0.25) is 0 Å². The molecule has 0 amide bonds. The molecule has 3 nitrogen and oxygen atoms in total. The van der Waals surface area contributed by atoms with E-state index in [0.29, 0.717) is 0 Å². The molecule has 0 fully saturated rings. The lowest BCUT2D eigenvalue weighted by molar-refractivity contribution is 0.381. The summed E-state index contributed by atoms with van der Waals surface area (Å²) in [5.41, 5.74) is 0. The molecule has 2 N–H and O–H groups in total. The Balaban J connectivity index is 3.44. The van der Waals surface area contributed by atoms with Crippen LogP contribution in [0.5, 0.6) is 0 Å². The lowest BCUT2D eigenvalue weighted by atomic mass is 10.5. The topological polar surface area (TPSA) is 27.3 Å². The molecular weight excluding hydrogens is 154 g/mol. The molecule has 4 heteroatoms. The molecule has 0 aromatic rings. The van der Waals surface area contributed by atoms with Crippen LogP contribution < -0.4 is 9.96 Å². The van der Waals surface area contributed by atoms with E-state index in [9.17, 15) is 0 Å². The van der Waals surface area contributed by atoms with Crippen LogP contribution in [0, 0.1) is 0 Å². The van der Waals surface area contributed by atoms with Crippen molar-refractivity contribution in [3.8, 4) is 0 Å². The van der Waals surface area contributed by atoms with E-state index < -0.39 is 9.12 Å².